The maximum atomic E-state index is 11.5. The first-order valence-corrected chi connectivity index (χ1v) is 5.26. The predicted octanol–water partition coefficient (Wildman–Crippen LogP) is 1.55. The Bertz CT molecular complexity index is 364. The standard InChI is InChI=1S/C12H18N2O2/c1-9-8-10(16-3)4-5-11(9)14-12(15)6-7-13-2/h4-5,8,13H,6-7H2,1-3H3,(H,14,15). The van der Waals surface area contributed by atoms with Crippen molar-refractivity contribution >= 4 is 11.6 Å². The van der Waals surface area contributed by atoms with Crippen LogP contribution in [0, 0.1) is 6.92 Å². The van der Waals surface area contributed by atoms with Gasteiger partial charge in [0.25, 0.3) is 0 Å². The van der Waals surface area contributed by atoms with Crippen LogP contribution in [0.3, 0.4) is 0 Å². The van der Waals surface area contributed by atoms with Crippen LogP contribution in [0.2, 0.25) is 0 Å². The minimum absolute atomic E-state index is 0.0163. The maximum Gasteiger partial charge on any atom is 0.225 e. The molecule has 0 saturated heterocycles. The van der Waals surface area contributed by atoms with E-state index in [-0.39, 0.29) is 5.91 Å². The molecule has 1 amide bonds. The lowest BCUT2D eigenvalue weighted by Crippen LogP contribution is -2.19. The zero-order chi connectivity index (χ0) is 12.0. The van der Waals surface area contributed by atoms with Crippen LogP contribution in [0.5, 0.6) is 5.75 Å². The summed E-state index contributed by atoms with van der Waals surface area (Å²) in [5.41, 5.74) is 1.83. The molecule has 1 rings (SSSR count). The van der Waals surface area contributed by atoms with Crippen molar-refractivity contribution in [2.45, 2.75) is 13.3 Å². The summed E-state index contributed by atoms with van der Waals surface area (Å²) < 4.78 is 5.10. The summed E-state index contributed by atoms with van der Waals surface area (Å²) >= 11 is 0. The lowest BCUT2D eigenvalue weighted by Gasteiger charge is -2.09. The van der Waals surface area contributed by atoms with Gasteiger partial charge in [-0.3, -0.25) is 4.79 Å². The Kier molecular flexibility index (Phi) is 4.79. The van der Waals surface area contributed by atoms with Gasteiger partial charge in [-0.1, -0.05) is 0 Å². The Balaban J connectivity index is 2.63. The largest absolute Gasteiger partial charge is 0.497 e. The summed E-state index contributed by atoms with van der Waals surface area (Å²) in [5, 5.41) is 5.80. The Morgan fingerprint density at radius 2 is 2.19 bits per heavy atom. The first-order chi connectivity index (χ1) is 7.67. The summed E-state index contributed by atoms with van der Waals surface area (Å²) in [4.78, 5) is 11.5. The fraction of sp³-hybridized carbons (Fsp3) is 0.417. The normalized spacial score (nSPS) is 9.94. The number of amides is 1. The summed E-state index contributed by atoms with van der Waals surface area (Å²) in [5.74, 6) is 0.813. The van der Waals surface area contributed by atoms with Gasteiger partial charge in [-0.05, 0) is 37.7 Å². The van der Waals surface area contributed by atoms with E-state index in [9.17, 15) is 4.79 Å². The van der Waals surface area contributed by atoms with E-state index in [1.807, 2.05) is 32.2 Å². The highest BCUT2D eigenvalue weighted by Gasteiger charge is 2.04. The molecule has 0 heterocycles. The van der Waals surface area contributed by atoms with Crippen molar-refractivity contribution < 1.29 is 9.53 Å². The molecule has 0 fully saturated rings. The minimum Gasteiger partial charge on any atom is -0.497 e. The number of aryl methyl sites for hydroxylation is 1. The third-order valence-corrected chi connectivity index (χ3v) is 2.31. The van der Waals surface area contributed by atoms with Gasteiger partial charge in [0.2, 0.25) is 5.91 Å². The van der Waals surface area contributed by atoms with Crippen molar-refractivity contribution in [2.75, 3.05) is 26.0 Å². The number of carbonyl (C=O) groups is 1. The summed E-state index contributed by atoms with van der Waals surface area (Å²) in [7, 11) is 3.45. The van der Waals surface area contributed by atoms with E-state index in [2.05, 4.69) is 10.6 Å². The molecular weight excluding hydrogens is 204 g/mol. The van der Waals surface area contributed by atoms with Crippen molar-refractivity contribution in [3.63, 3.8) is 0 Å². The van der Waals surface area contributed by atoms with Gasteiger partial charge in [-0.15, -0.1) is 0 Å². The van der Waals surface area contributed by atoms with E-state index in [0.29, 0.717) is 13.0 Å². The van der Waals surface area contributed by atoms with E-state index in [1.165, 1.54) is 0 Å². The van der Waals surface area contributed by atoms with Gasteiger partial charge >= 0.3 is 0 Å². The molecule has 0 radical (unpaired) electrons. The summed E-state index contributed by atoms with van der Waals surface area (Å²) in [6.07, 6.45) is 0.474. The fourth-order valence-corrected chi connectivity index (χ4v) is 1.35. The molecule has 0 unspecified atom stereocenters. The van der Waals surface area contributed by atoms with Crippen LogP contribution < -0.4 is 15.4 Å². The monoisotopic (exact) mass is 222 g/mol. The van der Waals surface area contributed by atoms with Crippen molar-refractivity contribution in [1.82, 2.24) is 5.32 Å². The van der Waals surface area contributed by atoms with Crippen LogP contribution in [0.1, 0.15) is 12.0 Å². The molecule has 16 heavy (non-hydrogen) atoms. The van der Waals surface area contributed by atoms with E-state index in [1.54, 1.807) is 7.11 Å². The van der Waals surface area contributed by atoms with E-state index in [4.69, 9.17) is 4.74 Å². The highest BCUT2D eigenvalue weighted by Crippen LogP contribution is 2.20. The van der Waals surface area contributed by atoms with Gasteiger partial charge in [0, 0.05) is 18.7 Å². The zero-order valence-corrected chi connectivity index (χ0v) is 9.96. The molecule has 88 valence electrons. The van der Waals surface area contributed by atoms with E-state index >= 15 is 0 Å². The molecule has 0 atom stereocenters. The van der Waals surface area contributed by atoms with Crippen LogP contribution in [-0.4, -0.2) is 26.6 Å². The highest BCUT2D eigenvalue weighted by atomic mass is 16.5. The van der Waals surface area contributed by atoms with Gasteiger partial charge in [0.05, 0.1) is 7.11 Å². The van der Waals surface area contributed by atoms with Crippen LogP contribution in [0.4, 0.5) is 5.69 Å². The van der Waals surface area contributed by atoms with Gasteiger partial charge in [-0.2, -0.15) is 0 Å². The average molecular weight is 222 g/mol. The van der Waals surface area contributed by atoms with Crippen molar-refractivity contribution in [2.24, 2.45) is 0 Å². The molecule has 0 aromatic heterocycles. The lowest BCUT2D eigenvalue weighted by molar-refractivity contribution is -0.116. The Morgan fingerprint density at radius 1 is 1.44 bits per heavy atom. The van der Waals surface area contributed by atoms with Gasteiger partial charge in [0.1, 0.15) is 5.75 Å². The number of hydrogen-bond acceptors (Lipinski definition) is 3. The Labute approximate surface area is 96.0 Å². The van der Waals surface area contributed by atoms with Crippen molar-refractivity contribution in [3.8, 4) is 5.75 Å². The van der Waals surface area contributed by atoms with Crippen molar-refractivity contribution in [3.05, 3.63) is 23.8 Å². The smallest absolute Gasteiger partial charge is 0.225 e. The quantitative estimate of drug-likeness (QED) is 0.794. The maximum absolute atomic E-state index is 11.5. The first-order valence-electron chi connectivity index (χ1n) is 5.26. The number of anilines is 1. The number of ether oxygens (including phenoxy) is 1. The predicted molar refractivity (Wildman–Crippen MR) is 64.9 cm³/mol. The molecule has 0 aliphatic carbocycles. The number of methoxy groups -OCH3 is 1. The second kappa shape index (κ2) is 6.12. The second-order valence-electron chi connectivity index (χ2n) is 3.58. The second-order valence-corrected chi connectivity index (χ2v) is 3.58. The number of nitrogens with one attached hydrogen (secondary N) is 2. The molecular formula is C12H18N2O2. The molecule has 0 saturated carbocycles. The van der Waals surface area contributed by atoms with Gasteiger partial charge < -0.3 is 15.4 Å². The number of carbonyl (C=O) groups excluding carboxylic acids is 1. The molecule has 1 aromatic carbocycles. The Hall–Kier alpha value is -1.55. The third kappa shape index (κ3) is 3.55. The SMILES string of the molecule is CNCCC(=O)Nc1ccc(OC)cc1C. The van der Waals surface area contributed by atoms with Crippen LogP contribution in [0.25, 0.3) is 0 Å². The summed E-state index contributed by atoms with van der Waals surface area (Å²) in [6, 6.07) is 5.58. The highest BCUT2D eigenvalue weighted by molar-refractivity contribution is 5.91. The van der Waals surface area contributed by atoms with Crippen LogP contribution >= 0.6 is 0 Å². The third-order valence-electron chi connectivity index (χ3n) is 2.31. The molecule has 0 spiro atoms. The van der Waals surface area contributed by atoms with E-state index in [0.717, 1.165) is 17.0 Å². The number of rotatable bonds is 5. The van der Waals surface area contributed by atoms with Gasteiger partial charge in [0.15, 0.2) is 0 Å². The molecule has 2 N–H and O–H groups in total. The molecule has 4 heteroatoms. The minimum atomic E-state index is 0.0163. The lowest BCUT2D eigenvalue weighted by atomic mass is 10.2. The number of benzene rings is 1. The van der Waals surface area contributed by atoms with Crippen LogP contribution in [-0.2, 0) is 4.79 Å². The molecule has 1 aromatic rings. The fourth-order valence-electron chi connectivity index (χ4n) is 1.35. The van der Waals surface area contributed by atoms with E-state index < -0.39 is 0 Å². The Morgan fingerprint density at radius 3 is 2.75 bits per heavy atom. The zero-order valence-electron chi connectivity index (χ0n) is 9.96. The molecule has 4 nitrogen and oxygen atoms in total. The van der Waals surface area contributed by atoms with Gasteiger partial charge in [-0.25, -0.2) is 0 Å². The molecule has 0 bridgehead atoms. The van der Waals surface area contributed by atoms with Crippen molar-refractivity contribution in [1.29, 1.82) is 0 Å². The first kappa shape index (κ1) is 12.5. The average Bonchev–Trinajstić information content (AvgIpc) is 2.29. The topological polar surface area (TPSA) is 50.4 Å². The summed E-state index contributed by atoms with van der Waals surface area (Å²) in [6.45, 7) is 2.62. The molecule has 0 aliphatic rings. The van der Waals surface area contributed by atoms with Crippen LogP contribution in [0.15, 0.2) is 18.2 Å². The molecule has 0 aliphatic heterocycles. The number of hydrogen-bond donors (Lipinski definition) is 2.